The molecule has 0 bridgehead atoms. The third-order valence-corrected chi connectivity index (χ3v) is 7.45. The Kier molecular flexibility index (Phi) is 5.29. The monoisotopic (exact) mass is 361 g/mol. The minimum atomic E-state index is -3.44. The van der Waals surface area contributed by atoms with Crippen LogP contribution in [0.4, 0.5) is 0 Å². The van der Waals surface area contributed by atoms with Gasteiger partial charge in [0.05, 0.1) is 11.4 Å². The Morgan fingerprint density at radius 3 is 2.32 bits per heavy atom. The molecule has 3 rings (SSSR count). The van der Waals surface area contributed by atoms with E-state index in [1.807, 2.05) is 13.0 Å². The van der Waals surface area contributed by atoms with E-state index in [4.69, 9.17) is 0 Å². The van der Waals surface area contributed by atoms with Crippen LogP contribution in [-0.2, 0) is 23.5 Å². The summed E-state index contributed by atoms with van der Waals surface area (Å²) in [7, 11) is -1.65. The van der Waals surface area contributed by atoms with Crippen molar-refractivity contribution >= 4 is 10.0 Å². The maximum absolute atomic E-state index is 13.0. The molecule has 1 aliphatic heterocycles. The van der Waals surface area contributed by atoms with Crippen molar-refractivity contribution in [2.45, 2.75) is 44.4 Å². The second-order valence-corrected chi connectivity index (χ2v) is 8.87. The number of benzene rings is 1. The lowest BCUT2D eigenvalue weighted by atomic mass is 9.91. The lowest BCUT2D eigenvalue weighted by molar-refractivity contribution is 0.263. The molecule has 0 N–H and O–H groups in total. The molecule has 5 nitrogen and oxygen atoms in total. The summed E-state index contributed by atoms with van der Waals surface area (Å²) < 4.78 is 29.3. The topological polar surface area (TPSA) is 55.2 Å². The molecule has 0 spiro atoms. The Bertz CT molecular complexity index is 820. The molecule has 1 aliphatic rings. The summed E-state index contributed by atoms with van der Waals surface area (Å²) in [4.78, 5) is 0.387. The van der Waals surface area contributed by atoms with Crippen LogP contribution >= 0.6 is 0 Å². The van der Waals surface area contributed by atoms with Gasteiger partial charge >= 0.3 is 0 Å². The zero-order chi connectivity index (χ0) is 18.0. The number of nitrogens with zero attached hydrogens (tertiary/aromatic N) is 3. The van der Waals surface area contributed by atoms with E-state index < -0.39 is 10.0 Å². The number of hydrogen-bond donors (Lipinski definition) is 0. The molecule has 6 heteroatoms. The first kappa shape index (κ1) is 18.1. The molecule has 1 aromatic carbocycles. The van der Waals surface area contributed by atoms with Crippen molar-refractivity contribution in [2.24, 2.45) is 13.0 Å². The Labute approximate surface area is 150 Å². The number of aryl methyl sites for hydroxylation is 3. The highest BCUT2D eigenvalue weighted by Gasteiger charge is 2.33. The van der Waals surface area contributed by atoms with Crippen LogP contribution in [0.25, 0.3) is 0 Å². The standard InChI is InChI=1S/C19H27N3O2S/c1-15-19(16(2)21(3)20-15)25(23,24)22-13-11-18(12-14-22)10-9-17-7-5-4-6-8-17/h4-8,18H,9-14H2,1-3H3. The third-order valence-electron chi connectivity index (χ3n) is 5.30. The first-order valence-electron chi connectivity index (χ1n) is 8.94. The van der Waals surface area contributed by atoms with Crippen LogP contribution in [0.15, 0.2) is 35.2 Å². The molecule has 136 valence electrons. The molecule has 1 fully saturated rings. The smallest absolute Gasteiger partial charge is 0.246 e. The highest BCUT2D eigenvalue weighted by Crippen LogP contribution is 2.29. The van der Waals surface area contributed by atoms with Gasteiger partial charge < -0.3 is 0 Å². The molecular weight excluding hydrogens is 334 g/mol. The van der Waals surface area contributed by atoms with Gasteiger partial charge in [-0.15, -0.1) is 0 Å². The zero-order valence-electron chi connectivity index (χ0n) is 15.3. The van der Waals surface area contributed by atoms with E-state index in [1.54, 1.807) is 23.0 Å². The van der Waals surface area contributed by atoms with Crippen LogP contribution in [0, 0.1) is 19.8 Å². The number of sulfonamides is 1. The fourth-order valence-electron chi connectivity index (χ4n) is 3.71. The predicted molar refractivity (Wildman–Crippen MR) is 98.9 cm³/mol. The van der Waals surface area contributed by atoms with E-state index in [9.17, 15) is 8.42 Å². The van der Waals surface area contributed by atoms with E-state index in [2.05, 4.69) is 29.4 Å². The van der Waals surface area contributed by atoms with Gasteiger partial charge in [-0.3, -0.25) is 4.68 Å². The highest BCUT2D eigenvalue weighted by molar-refractivity contribution is 7.89. The molecule has 0 unspecified atom stereocenters. The first-order valence-corrected chi connectivity index (χ1v) is 10.4. The molecule has 0 radical (unpaired) electrons. The normalized spacial score (nSPS) is 17.1. The lowest BCUT2D eigenvalue weighted by Crippen LogP contribution is -2.39. The second kappa shape index (κ2) is 7.30. The summed E-state index contributed by atoms with van der Waals surface area (Å²) in [5.41, 5.74) is 2.66. The van der Waals surface area contributed by atoms with E-state index in [0.29, 0.717) is 35.3 Å². The van der Waals surface area contributed by atoms with Crippen molar-refractivity contribution in [3.8, 4) is 0 Å². The van der Waals surface area contributed by atoms with E-state index >= 15 is 0 Å². The van der Waals surface area contributed by atoms with Gasteiger partial charge in [0.25, 0.3) is 0 Å². The van der Waals surface area contributed by atoms with Crippen molar-refractivity contribution < 1.29 is 8.42 Å². The number of aromatic nitrogens is 2. The van der Waals surface area contributed by atoms with Gasteiger partial charge in [0, 0.05) is 20.1 Å². The van der Waals surface area contributed by atoms with E-state index in [-0.39, 0.29) is 0 Å². The van der Waals surface area contributed by atoms with Crippen molar-refractivity contribution in [1.82, 2.24) is 14.1 Å². The molecule has 0 atom stereocenters. The molecule has 2 heterocycles. The summed E-state index contributed by atoms with van der Waals surface area (Å²) in [5, 5.41) is 4.26. The maximum Gasteiger partial charge on any atom is 0.246 e. The number of hydrogen-bond acceptors (Lipinski definition) is 3. The minimum absolute atomic E-state index is 0.387. The van der Waals surface area contributed by atoms with Crippen molar-refractivity contribution in [3.63, 3.8) is 0 Å². The minimum Gasteiger partial charge on any atom is -0.271 e. The molecular formula is C19H27N3O2S. The Morgan fingerprint density at radius 2 is 1.76 bits per heavy atom. The van der Waals surface area contributed by atoms with Gasteiger partial charge in [-0.2, -0.15) is 9.40 Å². The molecule has 0 aliphatic carbocycles. The van der Waals surface area contributed by atoms with Gasteiger partial charge in [-0.05, 0) is 51.0 Å². The number of piperidine rings is 1. The van der Waals surface area contributed by atoms with E-state index in [1.165, 1.54) is 5.56 Å². The summed E-state index contributed by atoms with van der Waals surface area (Å²) in [6.45, 7) is 4.80. The largest absolute Gasteiger partial charge is 0.271 e. The zero-order valence-corrected chi connectivity index (χ0v) is 16.1. The molecule has 1 aromatic heterocycles. The summed E-state index contributed by atoms with van der Waals surface area (Å²) in [5.74, 6) is 0.600. The van der Waals surface area contributed by atoms with Crippen molar-refractivity contribution in [2.75, 3.05) is 13.1 Å². The van der Waals surface area contributed by atoms with Gasteiger partial charge in [-0.25, -0.2) is 8.42 Å². The Hall–Kier alpha value is -1.66. The summed E-state index contributed by atoms with van der Waals surface area (Å²) in [6, 6.07) is 10.5. The molecule has 0 saturated carbocycles. The lowest BCUT2D eigenvalue weighted by Gasteiger charge is -2.31. The predicted octanol–water partition coefficient (Wildman–Crippen LogP) is 3.07. The Balaban J connectivity index is 1.62. The van der Waals surface area contributed by atoms with Crippen molar-refractivity contribution in [1.29, 1.82) is 0 Å². The summed E-state index contributed by atoms with van der Waals surface area (Å²) in [6.07, 6.45) is 4.07. The van der Waals surface area contributed by atoms with Crippen LogP contribution < -0.4 is 0 Å². The average molecular weight is 362 g/mol. The van der Waals surface area contributed by atoms with Crippen LogP contribution in [0.5, 0.6) is 0 Å². The fraction of sp³-hybridized carbons (Fsp3) is 0.526. The second-order valence-electron chi connectivity index (χ2n) is 7.00. The molecule has 1 saturated heterocycles. The third kappa shape index (κ3) is 3.80. The van der Waals surface area contributed by atoms with Crippen LogP contribution in [0.1, 0.15) is 36.2 Å². The van der Waals surface area contributed by atoms with Crippen LogP contribution in [0.2, 0.25) is 0 Å². The van der Waals surface area contributed by atoms with Gasteiger partial charge in [0.1, 0.15) is 4.90 Å². The highest BCUT2D eigenvalue weighted by atomic mass is 32.2. The number of rotatable bonds is 5. The quantitative estimate of drug-likeness (QED) is 0.822. The van der Waals surface area contributed by atoms with Gasteiger partial charge in [0.15, 0.2) is 0 Å². The maximum atomic E-state index is 13.0. The van der Waals surface area contributed by atoms with E-state index in [0.717, 1.165) is 25.7 Å². The van der Waals surface area contributed by atoms with Gasteiger partial charge in [-0.1, -0.05) is 30.3 Å². The molecule has 2 aromatic rings. The average Bonchev–Trinajstić information content (AvgIpc) is 2.87. The molecule has 0 amide bonds. The van der Waals surface area contributed by atoms with Crippen LogP contribution in [-0.4, -0.2) is 35.6 Å². The summed E-state index contributed by atoms with van der Waals surface area (Å²) >= 11 is 0. The SMILES string of the molecule is Cc1nn(C)c(C)c1S(=O)(=O)N1CCC(CCc2ccccc2)CC1. The van der Waals surface area contributed by atoms with Crippen LogP contribution in [0.3, 0.4) is 0 Å². The molecule has 25 heavy (non-hydrogen) atoms. The van der Waals surface area contributed by atoms with Crippen molar-refractivity contribution in [3.05, 3.63) is 47.3 Å². The fourth-order valence-corrected chi connectivity index (χ4v) is 5.58. The van der Waals surface area contributed by atoms with Gasteiger partial charge in [0.2, 0.25) is 10.0 Å². The first-order chi connectivity index (χ1) is 11.9. The Morgan fingerprint density at radius 1 is 1.12 bits per heavy atom.